The SMILES string of the molecule is CCn1cc(C(=O)Nc2ccn(Cc3ccc(F)cc3)n2)cn1. The molecule has 0 aliphatic heterocycles. The van der Waals surface area contributed by atoms with Gasteiger partial charge in [-0.25, -0.2) is 4.39 Å². The average molecular weight is 313 g/mol. The Morgan fingerprint density at radius 3 is 2.70 bits per heavy atom. The summed E-state index contributed by atoms with van der Waals surface area (Å²) in [4.78, 5) is 12.1. The molecule has 0 atom stereocenters. The number of carbonyl (C=O) groups is 1. The lowest BCUT2D eigenvalue weighted by molar-refractivity contribution is 0.102. The van der Waals surface area contributed by atoms with Crippen LogP contribution in [0.1, 0.15) is 22.8 Å². The van der Waals surface area contributed by atoms with Gasteiger partial charge in [0.2, 0.25) is 0 Å². The minimum absolute atomic E-state index is 0.253. The van der Waals surface area contributed by atoms with Gasteiger partial charge in [0.15, 0.2) is 5.82 Å². The topological polar surface area (TPSA) is 64.7 Å². The van der Waals surface area contributed by atoms with Crippen LogP contribution in [0.25, 0.3) is 0 Å². The lowest BCUT2D eigenvalue weighted by Gasteiger charge is -2.02. The molecule has 23 heavy (non-hydrogen) atoms. The Balaban J connectivity index is 1.64. The molecule has 0 aliphatic carbocycles. The Morgan fingerprint density at radius 2 is 2.00 bits per heavy atom. The molecule has 118 valence electrons. The highest BCUT2D eigenvalue weighted by molar-refractivity contribution is 6.03. The fourth-order valence-corrected chi connectivity index (χ4v) is 2.14. The van der Waals surface area contributed by atoms with Crippen molar-refractivity contribution >= 4 is 11.7 Å². The van der Waals surface area contributed by atoms with Crippen LogP contribution in [0.15, 0.2) is 48.9 Å². The molecule has 3 rings (SSSR count). The van der Waals surface area contributed by atoms with E-state index < -0.39 is 0 Å². The Bertz CT molecular complexity index is 806. The smallest absolute Gasteiger partial charge is 0.260 e. The number of nitrogens with one attached hydrogen (secondary N) is 1. The highest BCUT2D eigenvalue weighted by atomic mass is 19.1. The number of benzene rings is 1. The third-order valence-electron chi connectivity index (χ3n) is 3.36. The fraction of sp³-hybridized carbons (Fsp3) is 0.188. The molecular weight excluding hydrogens is 297 g/mol. The quantitative estimate of drug-likeness (QED) is 0.787. The lowest BCUT2D eigenvalue weighted by Crippen LogP contribution is -2.12. The number of hydrogen-bond acceptors (Lipinski definition) is 3. The maximum absolute atomic E-state index is 12.9. The zero-order valence-electron chi connectivity index (χ0n) is 12.6. The van der Waals surface area contributed by atoms with Crippen molar-refractivity contribution in [2.75, 3.05) is 5.32 Å². The summed E-state index contributed by atoms with van der Waals surface area (Å²) in [6, 6.07) is 7.94. The molecule has 2 aromatic heterocycles. The molecule has 0 saturated heterocycles. The molecule has 0 radical (unpaired) electrons. The first-order valence-corrected chi connectivity index (χ1v) is 7.26. The van der Waals surface area contributed by atoms with E-state index in [-0.39, 0.29) is 11.7 Å². The number of anilines is 1. The molecule has 0 saturated carbocycles. The predicted octanol–water partition coefficient (Wildman–Crippen LogP) is 2.54. The summed E-state index contributed by atoms with van der Waals surface area (Å²) in [6.45, 7) is 3.16. The van der Waals surface area contributed by atoms with Crippen LogP contribution in [0.2, 0.25) is 0 Å². The van der Waals surface area contributed by atoms with Crippen LogP contribution in [-0.2, 0) is 13.1 Å². The molecule has 0 fully saturated rings. The van der Waals surface area contributed by atoms with Gasteiger partial charge in [-0.3, -0.25) is 14.2 Å². The Morgan fingerprint density at radius 1 is 1.22 bits per heavy atom. The molecule has 1 N–H and O–H groups in total. The number of aryl methyl sites for hydroxylation is 1. The summed E-state index contributed by atoms with van der Waals surface area (Å²) in [6.07, 6.45) is 4.97. The summed E-state index contributed by atoms with van der Waals surface area (Å²) in [5, 5.41) is 11.1. The molecule has 1 amide bonds. The fourth-order valence-electron chi connectivity index (χ4n) is 2.14. The maximum atomic E-state index is 12.9. The third kappa shape index (κ3) is 3.63. The highest BCUT2D eigenvalue weighted by Gasteiger charge is 2.10. The van der Waals surface area contributed by atoms with Gasteiger partial charge in [0.05, 0.1) is 18.3 Å². The number of rotatable bonds is 5. The molecule has 0 bridgehead atoms. The van der Waals surface area contributed by atoms with E-state index in [0.29, 0.717) is 24.5 Å². The first-order valence-electron chi connectivity index (χ1n) is 7.26. The first kappa shape index (κ1) is 15.0. The molecule has 6 nitrogen and oxygen atoms in total. The van der Waals surface area contributed by atoms with Crippen molar-refractivity contribution in [2.24, 2.45) is 0 Å². The first-order chi connectivity index (χ1) is 11.1. The Labute approximate surface area is 132 Å². The van der Waals surface area contributed by atoms with Gasteiger partial charge in [0.25, 0.3) is 5.91 Å². The van der Waals surface area contributed by atoms with Gasteiger partial charge < -0.3 is 5.32 Å². The van der Waals surface area contributed by atoms with Gasteiger partial charge >= 0.3 is 0 Å². The molecule has 1 aromatic carbocycles. The predicted molar refractivity (Wildman–Crippen MR) is 83.6 cm³/mol. The van der Waals surface area contributed by atoms with Crippen LogP contribution in [0.5, 0.6) is 0 Å². The van der Waals surface area contributed by atoms with Crippen molar-refractivity contribution < 1.29 is 9.18 Å². The number of hydrogen-bond donors (Lipinski definition) is 1. The number of amides is 1. The molecule has 0 unspecified atom stereocenters. The number of halogens is 1. The molecule has 2 heterocycles. The van der Waals surface area contributed by atoms with Crippen LogP contribution in [0, 0.1) is 5.82 Å². The second-order valence-corrected chi connectivity index (χ2v) is 5.06. The van der Waals surface area contributed by atoms with E-state index in [0.717, 1.165) is 5.56 Å². The van der Waals surface area contributed by atoms with Crippen LogP contribution in [0.3, 0.4) is 0 Å². The van der Waals surface area contributed by atoms with Crippen molar-refractivity contribution in [3.63, 3.8) is 0 Å². The average Bonchev–Trinajstić information content (AvgIpc) is 3.19. The van der Waals surface area contributed by atoms with E-state index in [1.165, 1.54) is 18.3 Å². The van der Waals surface area contributed by atoms with Crippen molar-refractivity contribution in [1.29, 1.82) is 0 Å². The van der Waals surface area contributed by atoms with E-state index in [1.807, 2.05) is 6.92 Å². The molecule has 3 aromatic rings. The van der Waals surface area contributed by atoms with E-state index in [4.69, 9.17) is 0 Å². The Hall–Kier alpha value is -2.96. The van der Waals surface area contributed by atoms with Gasteiger partial charge in [-0.2, -0.15) is 10.2 Å². The van der Waals surface area contributed by atoms with Gasteiger partial charge in [0.1, 0.15) is 5.82 Å². The van der Waals surface area contributed by atoms with Crippen LogP contribution < -0.4 is 5.32 Å². The van der Waals surface area contributed by atoms with Crippen LogP contribution in [0.4, 0.5) is 10.2 Å². The second-order valence-electron chi connectivity index (χ2n) is 5.06. The van der Waals surface area contributed by atoms with Crippen molar-refractivity contribution in [2.45, 2.75) is 20.0 Å². The third-order valence-corrected chi connectivity index (χ3v) is 3.36. The van der Waals surface area contributed by atoms with Gasteiger partial charge in [-0.15, -0.1) is 0 Å². The molecule has 7 heteroatoms. The Kier molecular flexibility index (Phi) is 4.18. The maximum Gasteiger partial charge on any atom is 0.260 e. The van der Waals surface area contributed by atoms with Gasteiger partial charge in [0, 0.05) is 25.0 Å². The van der Waals surface area contributed by atoms with E-state index in [9.17, 15) is 9.18 Å². The van der Waals surface area contributed by atoms with Gasteiger partial charge in [-0.1, -0.05) is 12.1 Å². The number of aromatic nitrogens is 4. The summed E-state index contributed by atoms with van der Waals surface area (Å²) in [5.41, 5.74) is 1.41. The number of carbonyl (C=O) groups excluding carboxylic acids is 1. The van der Waals surface area contributed by atoms with Crippen LogP contribution in [-0.4, -0.2) is 25.5 Å². The highest BCUT2D eigenvalue weighted by Crippen LogP contribution is 2.09. The minimum Gasteiger partial charge on any atom is -0.305 e. The lowest BCUT2D eigenvalue weighted by atomic mass is 10.2. The largest absolute Gasteiger partial charge is 0.305 e. The second kappa shape index (κ2) is 6.43. The van der Waals surface area contributed by atoms with Gasteiger partial charge in [-0.05, 0) is 24.6 Å². The number of nitrogens with zero attached hydrogens (tertiary/aromatic N) is 4. The molecular formula is C16H16FN5O. The van der Waals surface area contributed by atoms with Crippen molar-refractivity contribution in [3.8, 4) is 0 Å². The summed E-state index contributed by atoms with van der Waals surface area (Å²) in [5.74, 6) is -0.0621. The summed E-state index contributed by atoms with van der Waals surface area (Å²) >= 11 is 0. The zero-order chi connectivity index (χ0) is 16.2. The monoisotopic (exact) mass is 313 g/mol. The summed E-state index contributed by atoms with van der Waals surface area (Å²) in [7, 11) is 0. The molecule has 0 aliphatic rings. The zero-order valence-corrected chi connectivity index (χ0v) is 12.6. The van der Waals surface area contributed by atoms with Crippen molar-refractivity contribution in [3.05, 3.63) is 65.9 Å². The standard InChI is InChI=1S/C16H16FN5O/c1-2-21-11-13(9-18-21)16(23)19-15-7-8-22(20-15)10-12-3-5-14(17)6-4-12/h3-9,11H,2,10H2,1H3,(H,19,20,23). The van der Waals surface area contributed by atoms with E-state index in [2.05, 4.69) is 15.5 Å². The van der Waals surface area contributed by atoms with Crippen molar-refractivity contribution in [1.82, 2.24) is 19.6 Å². The van der Waals surface area contributed by atoms with E-state index in [1.54, 1.807) is 40.0 Å². The minimum atomic E-state index is -0.269. The van der Waals surface area contributed by atoms with E-state index >= 15 is 0 Å². The van der Waals surface area contributed by atoms with Crippen LogP contribution >= 0.6 is 0 Å². The molecule has 0 spiro atoms. The summed E-state index contributed by atoms with van der Waals surface area (Å²) < 4.78 is 16.2. The normalized spacial score (nSPS) is 10.7.